The first-order chi connectivity index (χ1) is 18.5. The van der Waals surface area contributed by atoms with Gasteiger partial charge < -0.3 is 38.6 Å². The van der Waals surface area contributed by atoms with Crippen LogP contribution in [0.5, 0.6) is 11.5 Å². The van der Waals surface area contributed by atoms with Crippen LogP contribution in [0.25, 0.3) is 0 Å². The molecular weight excluding hydrogens is 599 g/mol. The van der Waals surface area contributed by atoms with Crippen LogP contribution in [-0.4, -0.2) is 53.1 Å². The van der Waals surface area contributed by atoms with Crippen LogP contribution in [0.1, 0.15) is 63.1 Å². The van der Waals surface area contributed by atoms with Crippen LogP contribution in [0.15, 0.2) is 59.9 Å². The van der Waals surface area contributed by atoms with E-state index in [2.05, 4.69) is 72.7 Å². The summed E-state index contributed by atoms with van der Waals surface area (Å²) < 4.78 is 14.6. The molecule has 1 N–H and O–H groups in total. The Kier molecular flexibility index (Phi) is 8.55. The van der Waals surface area contributed by atoms with Gasteiger partial charge in [0.25, 0.3) is 0 Å². The van der Waals surface area contributed by atoms with E-state index in [1.807, 2.05) is 6.07 Å². The summed E-state index contributed by atoms with van der Waals surface area (Å²) in [5, 5.41) is 10.9. The molecule has 0 spiro atoms. The van der Waals surface area contributed by atoms with Crippen molar-refractivity contribution in [3.8, 4) is 11.5 Å². The van der Waals surface area contributed by atoms with Gasteiger partial charge in [-0.25, -0.2) is 0 Å². The molecule has 39 heavy (non-hydrogen) atoms. The molecule has 1 aliphatic carbocycles. The van der Waals surface area contributed by atoms with Crippen LogP contribution in [0, 0.1) is 5.92 Å². The smallest absolute Gasteiger partial charge is 0.209 e. The second kappa shape index (κ2) is 11.8. The summed E-state index contributed by atoms with van der Waals surface area (Å²) in [5.74, 6) is 2.66. The lowest BCUT2D eigenvalue weighted by Gasteiger charge is -2.33. The van der Waals surface area contributed by atoms with Crippen LogP contribution in [0.4, 0.5) is 5.69 Å². The number of para-hydroxylation sites is 1. The summed E-state index contributed by atoms with van der Waals surface area (Å²) in [4.78, 5) is 2.35. The fraction of sp³-hybridized carbons (Fsp3) is 0.485. The van der Waals surface area contributed by atoms with Gasteiger partial charge >= 0.3 is 0 Å². The monoisotopic (exact) mass is 640 g/mol. The molecule has 0 radical (unpaired) electrons. The topological polar surface area (TPSA) is 44.9 Å². The van der Waals surface area contributed by atoms with Crippen LogP contribution in [0.2, 0.25) is 0 Å². The molecule has 2 aromatic rings. The van der Waals surface area contributed by atoms with Gasteiger partial charge in [-0.05, 0) is 62.8 Å². The Morgan fingerprint density at radius 3 is 2.72 bits per heavy atom. The number of phenolic OH excluding ortho intramolecular Hbond substituents is 1. The molecule has 3 aliphatic heterocycles. The molecule has 1 saturated heterocycles. The van der Waals surface area contributed by atoms with Gasteiger partial charge in [0.1, 0.15) is 23.8 Å². The predicted octanol–water partition coefficient (Wildman–Crippen LogP) is 3.26. The summed E-state index contributed by atoms with van der Waals surface area (Å²) in [7, 11) is 0. The molecule has 0 aromatic heterocycles. The van der Waals surface area contributed by atoms with Gasteiger partial charge in [-0.15, -0.1) is 0 Å². The number of morpholine rings is 1. The fourth-order valence-corrected chi connectivity index (χ4v) is 6.78. The Hall–Kier alpha value is -2.16. The summed E-state index contributed by atoms with van der Waals surface area (Å²) in [6, 6.07) is 12.9. The Morgan fingerprint density at radius 2 is 1.92 bits per heavy atom. The molecule has 1 unspecified atom stereocenters. The van der Waals surface area contributed by atoms with E-state index in [-0.39, 0.29) is 29.4 Å². The first kappa shape index (κ1) is 28.4. The molecule has 0 saturated carbocycles. The Morgan fingerprint density at radius 1 is 1.13 bits per heavy atom. The lowest BCUT2D eigenvalue weighted by molar-refractivity contribution is -0.437. The number of halogens is 1. The summed E-state index contributed by atoms with van der Waals surface area (Å²) >= 11 is 0. The van der Waals surface area contributed by atoms with Gasteiger partial charge in [-0.3, -0.25) is 4.90 Å². The molecule has 1 fully saturated rings. The number of benzene rings is 2. The number of fused-ring (bicyclic) bond motifs is 3. The minimum atomic E-state index is -0.0374. The number of aromatic hydroxyl groups is 1. The molecule has 6 rings (SSSR count). The molecule has 4 aliphatic rings. The van der Waals surface area contributed by atoms with Gasteiger partial charge in [-0.2, -0.15) is 4.58 Å². The normalized spacial score (nSPS) is 22.3. The lowest BCUT2D eigenvalue weighted by atomic mass is 9.80. The van der Waals surface area contributed by atoms with E-state index in [0.717, 1.165) is 82.1 Å². The van der Waals surface area contributed by atoms with E-state index < -0.39 is 0 Å². The van der Waals surface area contributed by atoms with Crippen molar-refractivity contribution in [2.24, 2.45) is 5.92 Å². The molecule has 208 valence electrons. The first-order valence-electron chi connectivity index (χ1n) is 14.4. The third kappa shape index (κ3) is 5.44. The van der Waals surface area contributed by atoms with Crippen LogP contribution in [-0.2, 0) is 23.1 Å². The number of hydrogen-bond acceptors (Lipinski definition) is 4. The van der Waals surface area contributed by atoms with Crippen molar-refractivity contribution in [1.29, 1.82) is 0 Å². The molecule has 2 aromatic carbocycles. The number of hydrogen-bond donors (Lipinski definition) is 1. The average molecular weight is 641 g/mol. The van der Waals surface area contributed by atoms with Crippen molar-refractivity contribution in [1.82, 2.24) is 4.90 Å². The zero-order valence-corrected chi connectivity index (χ0v) is 25.7. The van der Waals surface area contributed by atoms with E-state index >= 15 is 0 Å². The largest absolute Gasteiger partial charge is 1.00 e. The third-order valence-corrected chi connectivity index (χ3v) is 8.82. The predicted molar refractivity (Wildman–Crippen MR) is 152 cm³/mol. The lowest BCUT2D eigenvalue weighted by Crippen LogP contribution is -3.00. The van der Waals surface area contributed by atoms with Gasteiger partial charge in [-0.1, -0.05) is 25.1 Å². The second-order valence-electron chi connectivity index (χ2n) is 11.8. The van der Waals surface area contributed by atoms with Crippen molar-refractivity contribution in [3.63, 3.8) is 0 Å². The number of rotatable bonds is 6. The highest BCUT2D eigenvalue weighted by atomic mass is 127. The van der Waals surface area contributed by atoms with E-state index in [9.17, 15) is 5.11 Å². The van der Waals surface area contributed by atoms with Gasteiger partial charge in [0.05, 0.1) is 18.6 Å². The van der Waals surface area contributed by atoms with E-state index in [1.165, 1.54) is 34.5 Å². The zero-order valence-electron chi connectivity index (χ0n) is 23.5. The maximum absolute atomic E-state index is 10.9. The van der Waals surface area contributed by atoms with Crippen molar-refractivity contribution >= 4 is 11.4 Å². The summed E-state index contributed by atoms with van der Waals surface area (Å²) in [5.41, 5.74) is 7.58. The zero-order chi connectivity index (χ0) is 26.3. The molecular formula is C33H41IN2O3. The van der Waals surface area contributed by atoms with Crippen molar-refractivity contribution < 1.29 is 43.1 Å². The Balaban J connectivity index is 0.00000308. The molecule has 0 amide bonds. The SMILES string of the molecule is CCC[N+]1=C(/C=C/C2=C3Oc4cc(O)c(CN5CCOCC5)cc4CC3CCC2)C(C)(C)c2ccccc21.[I-]. The summed E-state index contributed by atoms with van der Waals surface area (Å²) in [6.07, 6.45) is 10.1. The number of allylic oxidation sites excluding steroid dienone is 4. The van der Waals surface area contributed by atoms with Crippen molar-refractivity contribution in [2.75, 3.05) is 32.8 Å². The highest BCUT2D eigenvalue weighted by Gasteiger charge is 2.44. The third-order valence-electron chi connectivity index (χ3n) is 8.82. The van der Waals surface area contributed by atoms with Crippen molar-refractivity contribution in [2.45, 2.75) is 64.8 Å². The maximum Gasteiger partial charge on any atom is 0.209 e. The number of ether oxygens (including phenoxy) is 2. The molecule has 5 nitrogen and oxygen atoms in total. The quantitative estimate of drug-likeness (QED) is 0.389. The molecule has 6 heteroatoms. The van der Waals surface area contributed by atoms with Crippen LogP contribution < -0.4 is 28.7 Å². The maximum atomic E-state index is 10.9. The van der Waals surface area contributed by atoms with Crippen LogP contribution >= 0.6 is 0 Å². The van der Waals surface area contributed by atoms with E-state index in [0.29, 0.717) is 11.7 Å². The highest BCUT2D eigenvalue weighted by Crippen LogP contribution is 2.44. The van der Waals surface area contributed by atoms with Crippen molar-refractivity contribution in [3.05, 3.63) is 76.6 Å². The second-order valence-corrected chi connectivity index (χ2v) is 11.8. The van der Waals surface area contributed by atoms with Gasteiger partial charge in [0, 0.05) is 61.3 Å². The fourth-order valence-electron chi connectivity index (χ4n) is 6.78. The average Bonchev–Trinajstić information content (AvgIpc) is 3.13. The van der Waals surface area contributed by atoms with Gasteiger partial charge in [0.15, 0.2) is 5.71 Å². The highest BCUT2D eigenvalue weighted by molar-refractivity contribution is 6.03. The standard InChI is InChI=1S/C33H40N2O3.HI/c1-4-14-35-28-11-6-5-10-27(28)33(2,3)31(35)13-12-23-8-7-9-24-19-25-20-26(22-34-15-17-37-18-16-34)29(36)21-30(25)38-32(23)24;/h5-6,10-13,20-21,24H,4,7-9,14-19,22H2,1-3H3;1H/b13-12+;. The molecule has 1 atom stereocenters. The van der Waals surface area contributed by atoms with Gasteiger partial charge in [0.2, 0.25) is 5.69 Å². The number of phenols is 1. The molecule has 3 heterocycles. The minimum Gasteiger partial charge on any atom is -1.00 e. The number of nitrogens with zero attached hydrogens (tertiary/aromatic N) is 2. The first-order valence-corrected chi connectivity index (χ1v) is 14.4. The van der Waals surface area contributed by atoms with E-state index in [4.69, 9.17) is 9.47 Å². The Bertz CT molecular complexity index is 1320. The minimum absolute atomic E-state index is 0. The molecule has 0 bridgehead atoms. The van der Waals surface area contributed by atoms with E-state index in [1.54, 1.807) is 0 Å². The Labute approximate surface area is 250 Å². The summed E-state index contributed by atoms with van der Waals surface area (Å²) in [6.45, 7) is 12.1. The van der Waals surface area contributed by atoms with Crippen LogP contribution in [0.3, 0.4) is 0 Å².